The average Bonchev–Trinajstić information content (AvgIpc) is 2.65. The first-order valence-corrected chi connectivity index (χ1v) is 9.51. The minimum atomic E-state index is -0.134. The lowest BCUT2D eigenvalue weighted by atomic mass is 10.2. The molecule has 0 aliphatic rings. The van der Waals surface area contributed by atoms with E-state index in [9.17, 15) is 9.59 Å². The molecule has 2 amide bonds. The molecule has 6 heteroatoms. The van der Waals surface area contributed by atoms with Crippen LogP contribution in [-0.4, -0.2) is 31.4 Å². The summed E-state index contributed by atoms with van der Waals surface area (Å²) < 4.78 is 0. The van der Waals surface area contributed by atoms with Crippen LogP contribution in [0.1, 0.15) is 27.2 Å². The Bertz CT molecular complexity index is 756. The summed E-state index contributed by atoms with van der Waals surface area (Å²) in [5.74, 6) is -0.250. The molecule has 144 valence electrons. The molecule has 2 aromatic rings. The van der Waals surface area contributed by atoms with Gasteiger partial charge in [0.05, 0.1) is 0 Å². The predicted octanol–water partition coefficient (Wildman–Crippen LogP) is 4.57. The number of hydrogen-bond acceptors (Lipinski definition) is 3. The molecule has 1 N–H and O–H groups in total. The molecule has 0 radical (unpaired) electrons. The molecule has 0 unspecified atom stereocenters. The summed E-state index contributed by atoms with van der Waals surface area (Å²) >= 11 is 5.89. The van der Waals surface area contributed by atoms with Gasteiger partial charge >= 0.3 is 0 Å². The zero-order valence-corrected chi connectivity index (χ0v) is 16.8. The van der Waals surface area contributed by atoms with E-state index in [1.165, 1.54) is 6.92 Å². The van der Waals surface area contributed by atoms with E-state index in [2.05, 4.69) is 24.1 Å². The van der Waals surface area contributed by atoms with Crippen molar-refractivity contribution in [3.8, 4) is 0 Å². The first kappa shape index (κ1) is 20.8. The van der Waals surface area contributed by atoms with Gasteiger partial charge in [-0.15, -0.1) is 0 Å². The molecule has 0 bridgehead atoms. The molecule has 27 heavy (non-hydrogen) atoms. The number of benzene rings is 2. The second-order valence-electron chi connectivity index (χ2n) is 6.16. The Morgan fingerprint density at radius 2 is 1.48 bits per heavy atom. The lowest BCUT2D eigenvalue weighted by molar-refractivity contribution is -0.117. The van der Waals surface area contributed by atoms with Crippen molar-refractivity contribution in [3.05, 3.63) is 53.6 Å². The zero-order chi connectivity index (χ0) is 19.8. The Morgan fingerprint density at radius 3 is 2.00 bits per heavy atom. The first-order valence-electron chi connectivity index (χ1n) is 9.13. The van der Waals surface area contributed by atoms with Crippen LogP contribution in [0.5, 0.6) is 0 Å². The standard InChI is InChI=1S/C21H26ClN3O2/c1-4-24(5-2)19-12-8-18(9-13-19)23-21(27)14-15-25(16(3)26)20-10-6-17(22)7-11-20/h6-13H,4-5,14-15H2,1-3H3,(H,23,27). The van der Waals surface area contributed by atoms with E-state index in [-0.39, 0.29) is 18.2 Å². The third-order valence-electron chi connectivity index (χ3n) is 4.36. The van der Waals surface area contributed by atoms with E-state index in [0.717, 1.165) is 30.2 Å². The Kier molecular flexibility index (Phi) is 7.67. The second-order valence-corrected chi connectivity index (χ2v) is 6.60. The molecule has 0 aliphatic heterocycles. The fourth-order valence-corrected chi connectivity index (χ4v) is 3.00. The number of rotatable bonds is 8. The minimum absolute atomic E-state index is 0.117. The number of anilines is 3. The molecular weight excluding hydrogens is 362 g/mol. The SMILES string of the molecule is CCN(CC)c1ccc(NC(=O)CCN(C(C)=O)c2ccc(Cl)cc2)cc1. The van der Waals surface area contributed by atoms with Gasteiger partial charge in [-0.3, -0.25) is 9.59 Å². The highest BCUT2D eigenvalue weighted by Gasteiger charge is 2.13. The van der Waals surface area contributed by atoms with Crippen molar-refractivity contribution in [2.45, 2.75) is 27.2 Å². The fourth-order valence-electron chi connectivity index (χ4n) is 2.87. The van der Waals surface area contributed by atoms with Crippen LogP contribution in [0.25, 0.3) is 0 Å². The van der Waals surface area contributed by atoms with Gasteiger partial charge in [0.1, 0.15) is 0 Å². The van der Waals surface area contributed by atoms with Crippen molar-refractivity contribution in [2.75, 3.05) is 34.8 Å². The normalized spacial score (nSPS) is 10.4. The summed E-state index contributed by atoms with van der Waals surface area (Å²) in [6.45, 7) is 7.89. The number of hydrogen-bond donors (Lipinski definition) is 1. The van der Waals surface area contributed by atoms with Crippen LogP contribution in [0.15, 0.2) is 48.5 Å². The number of amides is 2. The van der Waals surface area contributed by atoms with E-state index in [1.807, 2.05) is 24.3 Å². The highest BCUT2D eigenvalue weighted by molar-refractivity contribution is 6.30. The Hall–Kier alpha value is -2.53. The van der Waals surface area contributed by atoms with Crippen molar-refractivity contribution in [2.24, 2.45) is 0 Å². The molecule has 5 nitrogen and oxygen atoms in total. The van der Waals surface area contributed by atoms with Crippen molar-refractivity contribution in [1.82, 2.24) is 0 Å². The fraction of sp³-hybridized carbons (Fsp3) is 0.333. The van der Waals surface area contributed by atoms with E-state index in [0.29, 0.717) is 11.6 Å². The minimum Gasteiger partial charge on any atom is -0.372 e. The lowest BCUT2D eigenvalue weighted by Gasteiger charge is -2.22. The predicted molar refractivity (Wildman–Crippen MR) is 113 cm³/mol. The summed E-state index contributed by atoms with van der Waals surface area (Å²) in [5, 5.41) is 3.49. The van der Waals surface area contributed by atoms with Crippen LogP contribution < -0.4 is 15.1 Å². The number of nitrogens with one attached hydrogen (secondary N) is 1. The summed E-state index contributed by atoms with van der Waals surface area (Å²) in [7, 11) is 0. The summed E-state index contributed by atoms with van der Waals surface area (Å²) in [4.78, 5) is 28.0. The quantitative estimate of drug-likeness (QED) is 0.721. The number of carbonyl (C=O) groups is 2. The molecule has 0 heterocycles. The Labute approximate surface area is 165 Å². The van der Waals surface area contributed by atoms with Crippen LogP contribution in [0.4, 0.5) is 17.1 Å². The third-order valence-corrected chi connectivity index (χ3v) is 4.61. The zero-order valence-electron chi connectivity index (χ0n) is 16.0. The number of nitrogens with zero attached hydrogens (tertiary/aromatic N) is 2. The number of halogens is 1. The van der Waals surface area contributed by atoms with Crippen LogP contribution in [0.2, 0.25) is 5.02 Å². The summed E-state index contributed by atoms with van der Waals surface area (Å²) in [6.07, 6.45) is 0.208. The number of carbonyl (C=O) groups excluding carboxylic acids is 2. The molecule has 0 saturated carbocycles. The Morgan fingerprint density at radius 1 is 0.926 bits per heavy atom. The molecule has 0 fully saturated rings. The van der Waals surface area contributed by atoms with Gasteiger partial charge in [0.25, 0.3) is 0 Å². The molecule has 0 spiro atoms. The van der Waals surface area contributed by atoms with E-state index < -0.39 is 0 Å². The maximum Gasteiger partial charge on any atom is 0.226 e. The van der Waals surface area contributed by atoms with Gasteiger partial charge in [-0.05, 0) is 62.4 Å². The van der Waals surface area contributed by atoms with Crippen LogP contribution in [0.3, 0.4) is 0 Å². The average molecular weight is 388 g/mol. The van der Waals surface area contributed by atoms with Crippen molar-refractivity contribution >= 4 is 40.5 Å². The topological polar surface area (TPSA) is 52.7 Å². The summed E-state index contributed by atoms with van der Waals surface area (Å²) in [6, 6.07) is 14.8. The van der Waals surface area contributed by atoms with Gasteiger partial charge in [0, 0.05) is 55.1 Å². The van der Waals surface area contributed by atoms with Crippen LogP contribution >= 0.6 is 11.6 Å². The van der Waals surface area contributed by atoms with Crippen molar-refractivity contribution in [3.63, 3.8) is 0 Å². The van der Waals surface area contributed by atoms with E-state index >= 15 is 0 Å². The van der Waals surface area contributed by atoms with E-state index in [1.54, 1.807) is 29.2 Å². The smallest absolute Gasteiger partial charge is 0.226 e. The second kappa shape index (κ2) is 9.97. The van der Waals surface area contributed by atoms with Crippen LogP contribution in [-0.2, 0) is 9.59 Å². The maximum atomic E-state index is 12.3. The van der Waals surface area contributed by atoms with Crippen LogP contribution in [0, 0.1) is 0 Å². The van der Waals surface area contributed by atoms with Gasteiger partial charge < -0.3 is 15.1 Å². The molecule has 0 atom stereocenters. The van der Waals surface area contributed by atoms with Gasteiger partial charge in [0.15, 0.2) is 0 Å². The first-order chi connectivity index (χ1) is 12.9. The van der Waals surface area contributed by atoms with Gasteiger partial charge in [-0.2, -0.15) is 0 Å². The monoisotopic (exact) mass is 387 g/mol. The maximum absolute atomic E-state index is 12.3. The largest absolute Gasteiger partial charge is 0.372 e. The molecule has 0 saturated heterocycles. The van der Waals surface area contributed by atoms with Crippen molar-refractivity contribution in [1.29, 1.82) is 0 Å². The highest BCUT2D eigenvalue weighted by atomic mass is 35.5. The van der Waals surface area contributed by atoms with Gasteiger partial charge in [0.2, 0.25) is 11.8 Å². The Balaban J connectivity index is 1.94. The van der Waals surface area contributed by atoms with Crippen molar-refractivity contribution < 1.29 is 9.59 Å². The van der Waals surface area contributed by atoms with Gasteiger partial charge in [-0.25, -0.2) is 0 Å². The third kappa shape index (κ3) is 6.00. The summed E-state index contributed by atoms with van der Waals surface area (Å²) in [5.41, 5.74) is 2.60. The van der Waals surface area contributed by atoms with E-state index in [4.69, 9.17) is 11.6 Å². The molecular formula is C21H26ClN3O2. The molecule has 2 rings (SSSR count). The highest BCUT2D eigenvalue weighted by Crippen LogP contribution is 2.20. The molecule has 0 aliphatic carbocycles. The molecule has 2 aromatic carbocycles. The lowest BCUT2D eigenvalue weighted by Crippen LogP contribution is -2.31. The molecule has 0 aromatic heterocycles. The van der Waals surface area contributed by atoms with Gasteiger partial charge in [-0.1, -0.05) is 11.6 Å².